The summed E-state index contributed by atoms with van der Waals surface area (Å²) in [5.74, 6) is -0.301. The molecule has 0 amide bonds. The Balaban J connectivity index is 3.45. The number of hydrogen-bond donors (Lipinski definition) is 0. The van der Waals surface area contributed by atoms with Gasteiger partial charge in [-0.25, -0.2) is 4.79 Å². The zero-order valence-electron chi connectivity index (χ0n) is 6.33. The molecule has 2 nitrogen and oxygen atoms in total. The van der Waals surface area contributed by atoms with Crippen molar-refractivity contribution < 1.29 is 9.53 Å². The Bertz CT molecular complexity index is 145. The summed E-state index contributed by atoms with van der Waals surface area (Å²) >= 11 is 0. The first kappa shape index (κ1) is 8.95. The van der Waals surface area contributed by atoms with Gasteiger partial charge in [-0.15, -0.1) is 0 Å². The SMILES string of the molecule is C/C=C/C/C=C/C(=O)OC. The van der Waals surface area contributed by atoms with Gasteiger partial charge in [0.25, 0.3) is 0 Å². The minimum Gasteiger partial charge on any atom is -0.466 e. The fourth-order valence-electron chi connectivity index (χ4n) is 0.447. The molecule has 0 atom stereocenters. The first-order chi connectivity index (χ1) is 4.81. The predicted octanol–water partition coefficient (Wildman–Crippen LogP) is 1.68. The molecule has 0 saturated carbocycles. The lowest BCUT2D eigenvalue weighted by Gasteiger charge is -1.86. The number of methoxy groups -OCH3 is 1. The number of ether oxygens (including phenoxy) is 1. The molecule has 0 rings (SSSR count). The van der Waals surface area contributed by atoms with Crippen molar-refractivity contribution in [3.63, 3.8) is 0 Å². The molecule has 0 bridgehead atoms. The standard InChI is InChI=1S/C8H12O2/c1-3-4-5-6-7-8(9)10-2/h3-4,6-7H,5H2,1-2H3/b4-3+,7-6+. The first-order valence-corrected chi connectivity index (χ1v) is 3.17. The summed E-state index contributed by atoms with van der Waals surface area (Å²) in [6.07, 6.45) is 7.85. The summed E-state index contributed by atoms with van der Waals surface area (Å²) < 4.78 is 4.38. The molecule has 0 N–H and O–H groups in total. The lowest BCUT2D eigenvalue weighted by Crippen LogP contribution is -1.92. The summed E-state index contributed by atoms with van der Waals surface area (Å²) in [6.45, 7) is 1.94. The molecule has 0 aromatic rings. The van der Waals surface area contributed by atoms with Crippen LogP contribution in [0.5, 0.6) is 0 Å². The van der Waals surface area contributed by atoms with Crippen LogP contribution in [0.4, 0.5) is 0 Å². The van der Waals surface area contributed by atoms with Gasteiger partial charge < -0.3 is 4.74 Å². The largest absolute Gasteiger partial charge is 0.466 e. The third-order valence-electron chi connectivity index (χ3n) is 0.963. The van der Waals surface area contributed by atoms with Crippen LogP contribution in [-0.4, -0.2) is 13.1 Å². The van der Waals surface area contributed by atoms with Crippen LogP contribution in [0.3, 0.4) is 0 Å². The average Bonchev–Trinajstić information content (AvgIpc) is 1.98. The maximum Gasteiger partial charge on any atom is 0.330 e. The van der Waals surface area contributed by atoms with Gasteiger partial charge in [0.05, 0.1) is 7.11 Å². The molecule has 10 heavy (non-hydrogen) atoms. The molecule has 2 heteroatoms. The minimum absolute atomic E-state index is 0.301. The van der Waals surface area contributed by atoms with Crippen LogP contribution >= 0.6 is 0 Å². The molecule has 0 aliphatic carbocycles. The zero-order valence-corrected chi connectivity index (χ0v) is 6.33. The Hall–Kier alpha value is -1.05. The quantitative estimate of drug-likeness (QED) is 0.338. The van der Waals surface area contributed by atoms with Crippen molar-refractivity contribution in [3.8, 4) is 0 Å². The van der Waals surface area contributed by atoms with Crippen LogP contribution in [-0.2, 0) is 9.53 Å². The molecule has 0 unspecified atom stereocenters. The first-order valence-electron chi connectivity index (χ1n) is 3.17. The van der Waals surface area contributed by atoms with Crippen molar-refractivity contribution in [2.75, 3.05) is 7.11 Å². The highest BCUT2D eigenvalue weighted by Crippen LogP contribution is 1.86. The number of rotatable bonds is 3. The van der Waals surface area contributed by atoms with Crippen LogP contribution < -0.4 is 0 Å². The zero-order chi connectivity index (χ0) is 7.82. The van der Waals surface area contributed by atoms with Crippen molar-refractivity contribution >= 4 is 5.97 Å². The lowest BCUT2D eigenvalue weighted by atomic mass is 10.3. The second-order valence-electron chi connectivity index (χ2n) is 1.73. The fourth-order valence-corrected chi connectivity index (χ4v) is 0.447. The van der Waals surface area contributed by atoms with E-state index in [4.69, 9.17) is 0 Å². The smallest absolute Gasteiger partial charge is 0.330 e. The van der Waals surface area contributed by atoms with Gasteiger partial charge in [-0.1, -0.05) is 18.2 Å². The molecule has 0 saturated heterocycles. The minimum atomic E-state index is -0.301. The van der Waals surface area contributed by atoms with Gasteiger partial charge in [-0.3, -0.25) is 0 Å². The van der Waals surface area contributed by atoms with E-state index in [9.17, 15) is 4.79 Å². The van der Waals surface area contributed by atoms with Gasteiger partial charge in [0.1, 0.15) is 0 Å². The van der Waals surface area contributed by atoms with Crippen LogP contribution in [0.15, 0.2) is 24.3 Å². The molecule has 0 spiro atoms. The molecule has 0 aliphatic heterocycles. The van der Waals surface area contributed by atoms with Crippen LogP contribution in [0.25, 0.3) is 0 Å². The summed E-state index contributed by atoms with van der Waals surface area (Å²) in [5, 5.41) is 0. The number of esters is 1. The third kappa shape index (κ3) is 5.09. The van der Waals surface area contributed by atoms with Crippen molar-refractivity contribution in [2.24, 2.45) is 0 Å². The fraction of sp³-hybridized carbons (Fsp3) is 0.375. The van der Waals surface area contributed by atoms with Gasteiger partial charge in [0.2, 0.25) is 0 Å². The van der Waals surface area contributed by atoms with E-state index < -0.39 is 0 Å². The van der Waals surface area contributed by atoms with Crippen LogP contribution in [0.1, 0.15) is 13.3 Å². The van der Waals surface area contributed by atoms with Crippen molar-refractivity contribution in [3.05, 3.63) is 24.3 Å². The Morgan fingerprint density at radius 1 is 1.50 bits per heavy atom. The molecular formula is C8H12O2. The Morgan fingerprint density at radius 2 is 2.20 bits per heavy atom. The van der Waals surface area contributed by atoms with Crippen LogP contribution in [0.2, 0.25) is 0 Å². The summed E-state index contributed by atoms with van der Waals surface area (Å²) in [4.78, 5) is 10.4. The van der Waals surface area contributed by atoms with E-state index in [0.717, 1.165) is 6.42 Å². The van der Waals surface area contributed by atoms with E-state index in [1.54, 1.807) is 6.08 Å². The number of allylic oxidation sites excluding steroid dienone is 3. The summed E-state index contributed by atoms with van der Waals surface area (Å²) in [6, 6.07) is 0. The van der Waals surface area contributed by atoms with Gasteiger partial charge in [0, 0.05) is 6.08 Å². The maximum atomic E-state index is 10.4. The van der Waals surface area contributed by atoms with Gasteiger partial charge >= 0.3 is 5.97 Å². The second-order valence-corrected chi connectivity index (χ2v) is 1.73. The monoisotopic (exact) mass is 140 g/mol. The van der Waals surface area contributed by atoms with Gasteiger partial charge in [0.15, 0.2) is 0 Å². The van der Waals surface area contributed by atoms with Crippen molar-refractivity contribution in [1.29, 1.82) is 0 Å². The Labute approximate surface area is 61.2 Å². The Kier molecular flexibility index (Phi) is 5.44. The van der Waals surface area contributed by atoms with Gasteiger partial charge in [-0.05, 0) is 13.3 Å². The lowest BCUT2D eigenvalue weighted by molar-refractivity contribution is -0.134. The van der Waals surface area contributed by atoms with Crippen molar-refractivity contribution in [1.82, 2.24) is 0 Å². The molecule has 0 aliphatic rings. The summed E-state index contributed by atoms with van der Waals surface area (Å²) in [7, 11) is 1.36. The van der Waals surface area contributed by atoms with E-state index >= 15 is 0 Å². The topological polar surface area (TPSA) is 26.3 Å². The average molecular weight is 140 g/mol. The molecule has 0 fully saturated rings. The normalized spacial score (nSPS) is 11.0. The third-order valence-corrected chi connectivity index (χ3v) is 0.963. The second kappa shape index (κ2) is 6.08. The number of carbonyl (C=O) groups is 1. The molecule has 56 valence electrons. The van der Waals surface area contributed by atoms with Crippen molar-refractivity contribution in [2.45, 2.75) is 13.3 Å². The molecule has 0 aromatic heterocycles. The van der Waals surface area contributed by atoms with E-state index in [1.807, 2.05) is 19.1 Å². The van der Waals surface area contributed by atoms with Crippen LogP contribution in [0, 0.1) is 0 Å². The highest BCUT2D eigenvalue weighted by molar-refractivity contribution is 5.81. The highest BCUT2D eigenvalue weighted by Gasteiger charge is 1.86. The number of carbonyl (C=O) groups excluding carboxylic acids is 1. The molecular weight excluding hydrogens is 128 g/mol. The molecule has 0 radical (unpaired) electrons. The van der Waals surface area contributed by atoms with E-state index in [1.165, 1.54) is 13.2 Å². The summed E-state index contributed by atoms with van der Waals surface area (Å²) in [5.41, 5.74) is 0. The highest BCUT2D eigenvalue weighted by atomic mass is 16.5. The molecule has 0 aromatic carbocycles. The van der Waals surface area contributed by atoms with E-state index in [2.05, 4.69) is 4.74 Å². The predicted molar refractivity (Wildman–Crippen MR) is 40.6 cm³/mol. The maximum absolute atomic E-state index is 10.4. The number of hydrogen-bond acceptors (Lipinski definition) is 2. The van der Waals surface area contributed by atoms with Gasteiger partial charge in [-0.2, -0.15) is 0 Å². The van der Waals surface area contributed by atoms with E-state index in [0.29, 0.717) is 0 Å². The molecule has 0 heterocycles. The Morgan fingerprint density at radius 3 is 2.70 bits per heavy atom. The van der Waals surface area contributed by atoms with E-state index in [-0.39, 0.29) is 5.97 Å².